The summed E-state index contributed by atoms with van der Waals surface area (Å²) in [7, 11) is 5.43. The molecule has 0 amide bonds. The molecule has 0 saturated carbocycles. The highest BCUT2D eigenvalue weighted by Gasteiger charge is 2.00. The molecule has 0 radical (unpaired) electrons. The van der Waals surface area contributed by atoms with E-state index in [2.05, 4.69) is 20.3 Å². The number of nitrogens with one attached hydrogen (secondary N) is 1. The number of aliphatic imine (C=N–C) groups is 1. The molecular weight excluding hydrogens is 319 g/mol. The Hall–Kier alpha value is -1.12. The van der Waals surface area contributed by atoms with Crippen LogP contribution in [0.4, 0.5) is 5.95 Å². The third-order valence-corrected chi connectivity index (χ3v) is 1.79. The minimum atomic E-state index is 0. The van der Waals surface area contributed by atoms with Gasteiger partial charge in [-0.2, -0.15) is 0 Å². The molecule has 0 aliphatic rings. The molecule has 0 saturated heterocycles. The van der Waals surface area contributed by atoms with Crippen molar-refractivity contribution in [2.45, 2.75) is 6.54 Å². The van der Waals surface area contributed by atoms with E-state index in [0.717, 1.165) is 5.69 Å². The quantitative estimate of drug-likeness (QED) is 0.468. The normalized spacial score (nSPS) is 10.6. The van der Waals surface area contributed by atoms with Crippen LogP contribution in [0, 0.1) is 0 Å². The van der Waals surface area contributed by atoms with Crippen LogP contribution in [0.25, 0.3) is 0 Å². The van der Waals surface area contributed by atoms with E-state index in [1.165, 1.54) is 0 Å². The summed E-state index contributed by atoms with van der Waals surface area (Å²) in [6, 6.07) is 1.84. The van der Waals surface area contributed by atoms with Gasteiger partial charge in [-0.05, 0) is 6.07 Å². The molecule has 1 aromatic rings. The Bertz CT molecular complexity index is 352. The molecule has 0 fully saturated rings. The summed E-state index contributed by atoms with van der Waals surface area (Å²) >= 11 is 0. The van der Waals surface area contributed by atoms with Crippen molar-refractivity contribution in [3.05, 3.63) is 18.0 Å². The van der Waals surface area contributed by atoms with Gasteiger partial charge in [0.25, 0.3) is 0 Å². The maximum absolute atomic E-state index is 5.50. The lowest BCUT2D eigenvalue weighted by atomic mass is 10.4. The summed E-state index contributed by atoms with van der Waals surface area (Å²) in [6.45, 7) is 0.548. The van der Waals surface area contributed by atoms with E-state index in [1.807, 2.05) is 25.1 Å². The first kappa shape index (κ1) is 14.9. The van der Waals surface area contributed by atoms with Gasteiger partial charge < -0.3 is 16.0 Å². The lowest BCUT2D eigenvalue weighted by Crippen LogP contribution is -2.31. The van der Waals surface area contributed by atoms with E-state index in [4.69, 9.17) is 5.73 Å². The highest BCUT2D eigenvalue weighted by molar-refractivity contribution is 14.0. The van der Waals surface area contributed by atoms with E-state index in [1.54, 1.807) is 13.2 Å². The second kappa shape index (κ2) is 7.20. The van der Waals surface area contributed by atoms with Crippen LogP contribution < -0.4 is 16.0 Å². The maximum Gasteiger partial charge on any atom is 0.225 e. The van der Waals surface area contributed by atoms with Gasteiger partial charge in [0.05, 0.1) is 12.2 Å². The van der Waals surface area contributed by atoms with Crippen molar-refractivity contribution in [1.82, 2.24) is 15.3 Å². The monoisotopic (exact) mass is 336 g/mol. The fourth-order valence-electron chi connectivity index (χ4n) is 0.959. The summed E-state index contributed by atoms with van der Waals surface area (Å²) < 4.78 is 0. The number of hydrogen-bond acceptors (Lipinski definition) is 4. The molecule has 0 atom stereocenters. The summed E-state index contributed by atoms with van der Waals surface area (Å²) in [5.41, 5.74) is 6.38. The molecule has 0 aliphatic heterocycles. The summed E-state index contributed by atoms with van der Waals surface area (Å²) in [5, 5.41) is 2.93. The first-order valence-electron chi connectivity index (χ1n) is 4.59. The molecule has 0 unspecified atom stereocenters. The number of hydrogen-bond donors (Lipinski definition) is 2. The third-order valence-electron chi connectivity index (χ3n) is 1.79. The zero-order valence-electron chi connectivity index (χ0n) is 9.64. The molecule has 0 aliphatic carbocycles. The SMILES string of the molecule is CN=C(N)NCc1ccnc(N(C)C)n1.I. The van der Waals surface area contributed by atoms with Crippen LogP contribution in [-0.2, 0) is 6.54 Å². The van der Waals surface area contributed by atoms with Gasteiger partial charge in [0.2, 0.25) is 5.95 Å². The lowest BCUT2D eigenvalue weighted by molar-refractivity contribution is 0.844. The lowest BCUT2D eigenvalue weighted by Gasteiger charge is -2.11. The van der Waals surface area contributed by atoms with Crippen molar-refractivity contribution in [3.63, 3.8) is 0 Å². The molecule has 1 aromatic heterocycles. The second-order valence-electron chi connectivity index (χ2n) is 3.20. The Balaban J connectivity index is 0.00000225. The van der Waals surface area contributed by atoms with E-state index in [9.17, 15) is 0 Å². The third kappa shape index (κ3) is 4.60. The van der Waals surface area contributed by atoms with Gasteiger partial charge in [-0.3, -0.25) is 4.99 Å². The molecule has 1 rings (SSSR count). The first-order valence-corrected chi connectivity index (χ1v) is 4.59. The van der Waals surface area contributed by atoms with Gasteiger partial charge in [-0.25, -0.2) is 9.97 Å². The fourth-order valence-corrected chi connectivity index (χ4v) is 0.959. The Kier molecular flexibility index (Phi) is 6.70. The van der Waals surface area contributed by atoms with Crippen molar-refractivity contribution in [2.24, 2.45) is 10.7 Å². The molecular formula is C9H17IN6. The van der Waals surface area contributed by atoms with E-state index in [0.29, 0.717) is 18.5 Å². The van der Waals surface area contributed by atoms with Crippen LogP contribution in [0.15, 0.2) is 17.3 Å². The van der Waals surface area contributed by atoms with Crippen LogP contribution in [-0.4, -0.2) is 37.1 Å². The highest BCUT2D eigenvalue weighted by atomic mass is 127. The van der Waals surface area contributed by atoms with E-state index >= 15 is 0 Å². The summed E-state index contributed by atoms with van der Waals surface area (Å²) in [6.07, 6.45) is 1.72. The summed E-state index contributed by atoms with van der Waals surface area (Å²) in [4.78, 5) is 14.1. The number of guanidine groups is 1. The molecule has 0 bridgehead atoms. The number of aromatic nitrogens is 2. The standard InChI is InChI=1S/C9H16N6.HI/c1-11-8(10)13-6-7-4-5-12-9(14-7)15(2)3;/h4-5H,6H2,1-3H3,(H3,10,11,13);1H. The second-order valence-corrected chi connectivity index (χ2v) is 3.20. The minimum Gasteiger partial charge on any atom is -0.370 e. The van der Waals surface area contributed by atoms with Crippen molar-refractivity contribution in [1.29, 1.82) is 0 Å². The predicted molar refractivity (Wildman–Crippen MR) is 76.2 cm³/mol. The molecule has 6 nitrogen and oxygen atoms in total. The van der Waals surface area contributed by atoms with Gasteiger partial charge in [-0.15, -0.1) is 24.0 Å². The van der Waals surface area contributed by atoms with E-state index in [-0.39, 0.29) is 24.0 Å². The van der Waals surface area contributed by atoms with Crippen molar-refractivity contribution >= 4 is 35.9 Å². The van der Waals surface area contributed by atoms with Crippen LogP contribution in [0.5, 0.6) is 0 Å². The Morgan fingerprint density at radius 3 is 2.81 bits per heavy atom. The van der Waals surface area contributed by atoms with Crippen molar-refractivity contribution in [3.8, 4) is 0 Å². The van der Waals surface area contributed by atoms with Crippen molar-refractivity contribution in [2.75, 3.05) is 26.0 Å². The highest BCUT2D eigenvalue weighted by Crippen LogP contribution is 2.02. The van der Waals surface area contributed by atoms with Gasteiger partial charge in [0.1, 0.15) is 0 Å². The maximum atomic E-state index is 5.50. The number of nitrogens with two attached hydrogens (primary N) is 1. The summed E-state index contributed by atoms with van der Waals surface area (Å²) in [5.74, 6) is 1.08. The van der Waals surface area contributed by atoms with Crippen LogP contribution >= 0.6 is 24.0 Å². The number of halogens is 1. The molecule has 1 heterocycles. The largest absolute Gasteiger partial charge is 0.370 e. The van der Waals surface area contributed by atoms with Crippen molar-refractivity contribution < 1.29 is 0 Å². The Labute approximate surface area is 112 Å². The molecule has 0 aromatic carbocycles. The number of nitrogens with zero attached hydrogens (tertiary/aromatic N) is 4. The van der Waals surface area contributed by atoms with Crippen LogP contribution in [0.3, 0.4) is 0 Å². The Morgan fingerprint density at radius 1 is 1.56 bits per heavy atom. The average molecular weight is 336 g/mol. The van der Waals surface area contributed by atoms with Gasteiger partial charge in [0.15, 0.2) is 5.96 Å². The first-order chi connectivity index (χ1) is 7.13. The predicted octanol–water partition coefficient (Wildman–Crippen LogP) is 0.195. The van der Waals surface area contributed by atoms with Gasteiger partial charge in [-0.1, -0.05) is 0 Å². The van der Waals surface area contributed by atoms with Crippen LogP contribution in [0.2, 0.25) is 0 Å². The zero-order chi connectivity index (χ0) is 11.3. The Morgan fingerprint density at radius 2 is 2.25 bits per heavy atom. The zero-order valence-corrected chi connectivity index (χ0v) is 12.0. The van der Waals surface area contributed by atoms with Gasteiger partial charge in [0, 0.05) is 27.3 Å². The molecule has 3 N–H and O–H groups in total. The average Bonchev–Trinajstić information content (AvgIpc) is 2.26. The van der Waals surface area contributed by atoms with Crippen LogP contribution in [0.1, 0.15) is 5.69 Å². The molecule has 90 valence electrons. The number of anilines is 1. The minimum absolute atomic E-state index is 0. The molecule has 0 spiro atoms. The van der Waals surface area contributed by atoms with E-state index < -0.39 is 0 Å². The topological polar surface area (TPSA) is 79.4 Å². The molecule has 16 heavy (non-hydrogen) atoms. The van der Waals surface area contributed by atoms with Gasteiger partial charge >= 0.3 is 0 Å². The fraction of sp³-hybridized carbons (Fsp3) is 0.444. The smallest absolute Gasteiger partial charge is 0.225 e. The molecule has 7 heteroatoms. The number of rotatable bonds is 3.